The molecule has 0 spiro atoms. The van der Waals surface area contributed by atoms with E-state index in [0.717, 1.165) is 31.5 Å². The fourth-order valence-electron chi connectivity index (χ4n) is 4.42. The Hall–Kier alpha value is -3.71. The number of nitrogens with one attached hydrogen (secondary N) is 1. The van der Waals surface area contributed by atoms with E-state index >= 15 is 0 Å². The van der Waals surface area contributed by atoms with Crippen molar-refractivity contribution in [2.75, 3.05) is 20.1 Å². The molecule has 1 fully saturated rings. The Bertz CT molecular complexity index is 1140. The lowest BCUT2D eigenvalue weighted by molar-refractivity contribution is -0.137. The van der Waals surface area contributed by atoms with Gasteiger partial charge in [-0.3, -0.25) is 14.4 Å². The Morgan fingerprint density at radius 2 is 1.85 bits per heavy atom. The van der Waals surface area contributed by atoms with Crippen molar-refractivity contribution in [3.63, 3.8) is 0 Å². The topological polar surface area (TPSA) is 102 Å². The van der Waals surface area contributed by atoms with Crippen LogP contribution in [0, 0.1) is 5.92 Å². The molecular weight excluding hydrogens is 430 g/mol. The lowest BCUT2D eigenvalue weighted by Crippen LogP contribution is -2.47. The summed E-state index contributed by atoms with van der Waals surface area (Å²) in [4.78, 5) is 39.5. The summed E-state index contributed by atoms with van der Waals surface area (Å²) in [6.07, 6.45) is 6.32. The fraction of sp³-hybridized carbons (Fsp3) is 0.296. The molecule has 1 aliphatic heterocycles. The Labute approximate surface area is 199 Å². The lowest BCUT2D eigenvalue weighted by Gasteiger charge is -2.33. The number of likely N-dealkylation sites (N-methyl/N-ethyl adjacent to an activating group) is 1. The second-order valence-electron chi connectivity index (χ2n) is 8.83. The molecule has 1 heterocycles. The summed E-state index contributed by atoms with van der Waals surface area (Å²) < 4.78 is 6.13. The van der Waals surface area contributed by atoms with Crippen LogP contribution in [0.1, 0.15) is 28.8 Å². The maximum atomic E-state index is 13.2. The number of amides is 2. The van der Waals surface area contributed by atoms with E-state index in [4.69, 9.17) is 10.5 Å². The van der Waals surface area contributed by atoms with Crippen LogP contribution in [0.25, 0.3) is 0 Å². The molecule has 0 saturated carbocycles. The van der Waals surface area contributed by atoms with Gasteiger partial charge in [0.1, 0.15) is 17.6 Å². The van der Waals surface area contributed by atoms with Gasteiger partial charge in [0.2, 0.25) is 5.78 Å². The van der Waals surface area contributed by atoms with Crippen molar-refractivity contribution in [1.29, 1.82) is 0 Å². The van der Waals surface area contributed by atoms with Gasteiger partial charge in [-0.05, 0) is 67.8 Å². The number of piperidine rings is 1. The molecule has 2 atom stereocenters. The quantitative estimate of drug-likeness (QED) is 0.591. The van der Waals surface area contributed by atoms with Crippen LogP contribution in [-0.2, 0) is 16.0 Å². The summed E-state index contributed by atoms with van der Waals surface area (Å²) in [6, 6.07) is 14.9. The van der Waals surface area contributed by atoms with Crippen molar-refractivity contribution in [3.8, 4) is 5.75 Å². The van der Waals surface area contributed by atoms with Crippen LogP contribution < -0.4 is 15.8 Å². The Balaban J connectivity index is 1.52. The molecule has 2 unspecified atom stereocenters. The molecule has 0 aromatic heterocycles. The van der Waals surface area contributed by atoms with E-state index < -0.39 is 23.6 Å². The van der Waals surface area contributed by atoms with Gasteiger partial charge in [-0.25, -0.2) is 0 Å². The highest BCUT2D eigenvalue weighted by Crippen LogP contribution is 2.32. The summed E-state index contributed by atoms with van der Waals surface area (Å²) in [7, 11) is 2.11. The third-order valence-corrected chi connectivity index (χ3v) is 6.27. The normalized spacial score (nSPS) is 18.7. The van der Waals surface area contributed by atoms with E-state index in [9.17, 15) is 14.4 Å². The number of carbonyl (C=O) groups is 3. The number of nitrogens with two attached hydrogens (primary N) is 1. The van der Waals surface area contributed by atoms with Gasteiger partial charge in [0.15, 0.2) is 0 Å². The first kappa shape index (κ1) is 23.4. The van der Waals surface area contributed by atoms with Crippen molar-refractivity contribution in [2.45, 2.75) is 25.3 Å². The number of carbonyl (C=O) groups excluding carboxylic acids is 3. The highest BCUT2D eigenvalue weighted by molar-refractivity contribution is 6.38. The second-order valence-corrected chi connectivity index (χ2v) is 8.83. The molecular formula is C27H29N3O4. The highest BCUT2D eigenvalue weighted by atomic mass is 16.5. The molecule has 1 aliphatic carbocycles. The van der Waals surface area contributed by atoms with Crippen molar-refractivity contribution in [3.05, 3.63) is 89.2 Å². The third kappa shape index (κ3) is 5.61. The summed E-state index contributed by atoms with van der Waals surface area (Å²) in [5, 5.41) is 2.68. The number of para-hydroxylation sites is 1. The zero-order valence-electron chi connectivity index (χ0n) is 19.2. The molecule has 7 nitrogen and oxygen atoms in total. The van der Waals surface area contributed by atoms with Crippen LogP contribution >= 0.6 is 0 Å². The first-order chi connectivity index (χ1) is 16.4. The predicted molar refractivity (Wildman–Crippen MR) is 129 cm³/mol. The molecule has 0 radical (unpaired) electrons. The van der Waals surface area contributed by atoms with E-state index in [2.05, 4.69) is 29.4 Å². The molecule has 3 N–H and O–H groups in total. The molecule has 2 amide bonds. The average Bonchev–Trinajstić information content (AvgIpc) is 2.83. The summed E-state index contributed by atoms with van der Waals surface area (Å²) in [5.41, 5.74) is 7.66. The number of hydrogen-bond donors (Lipinski definition) is 2. The minimum atomic E-state index is -1.09. The summed E-state index contributed by atoms with van der Waals surface area (Å²) >= 11 is 0. The van der Waals surface area contributed by atoms with Crippen LogP contribution in [-0.4, -0.2) is 48.7 Å². The van der Waals surface area contributed by atoms with Gasteiger partial charge >= 0.3 is 0 Å². The van der Waals surface area contributed by atoms with Gasteiger partial charge < -0.3 is 20.7 Å². The van der Waals surface area contributed by atoms with Gasteiger partial charge in [-0.15, -0.1) is 0 Å². The average molecular weight is 460 g/mol. The number of allylic oxidation sites excluding steroid dienone is 2. The van der Waals surface area contributed by atoms with E-state index in [0.29, 0.717) is 17.4 Å². The zero-order chi connectivity index (χ0) is 24.1. The molecule has 176 valence electrons. The number of ketones is 1. The van der Waals surface area contributed by atoms with E-state index in [1.807, 2.05) is 30.3 Å². The highest BCUT2D eigenvalue weighted by Gasteiger charge is 2.28. The first-order valence-electron chi connectivity index (χ1n) is 11.4. The Morgan fingerprint density at radius 3 is 2.62 bits per heavy atom. The van der Waals surface area contributed by atoms with Gasteiger partial charge in [-0.1, -0.05) is 42.5 Å². The minimum absolute atomic E-state index is 0.156. The number of fused-ring (bicyclic) bond motifs is 1. The van der Waals surface area contributed by atoms with Crippen LogP contribution in [0.2, 0.25) is 0 Å². The first-order valence-corrected chi connectivity index (χ1v) is 11.4. The van der Waals surface area contributed by atoms with Gasteiger partial charge in [0.05, 0.1) is 5.56 Å². The van der Waals surface area contributed by atoms with Gasteiger partial charge in [0.25, 0.3) is 11.8 Å². The monoisotopic (exact) mass is 459 g/mol. The standard InChI is InChI=1S/C27H29N3O4/c1-30-14-13-19-11-12-21(16-20(19)17-30)34-24-10-6-5-9-22(24)27(33)29-23(25(31)26(28)32)15-18-7-3-2-4-8-18/h2-10,12,16,19,23H,11,13-15,17H2,1H3,(H2,28,32)(H,29,33). The van der Waals surface area contributed by atoms with E-state index in [1.165, 1.54) is 5.57 Å². The van der Waals surface area contributed by atoms with E-state index in [1.54, 1.807) is 24.3 Å². The number of hydrogen-bond acceptors (Lipinski definition) is 5. The molecule has 7 heteroatoms. The molecule has 0 bridgehead atoms. The molecule has 2 aromatic rings. The van der Waals surface area contributed by atoms with Crippen LogP contribution in [0.4, 0.5) is 0 Å². The van der Waals surface area contributed by atoms with E-state index in [-0.39, 0.29) is 12.0 Å². The largest absolute Gasteiger partial charge is 0.457 e. The second kappa shape index (κ2) is 10.5. The van der Waals surface area contributed by atoms with Crippen LogP contribution in [0.5, 0.6) is 5.75 Å². The predicted octanol–water partition coefficient (Wildman–Crippen LogP) is 2.63. The Morgan fingerprint density at radius 1 is 1.12 bits per heavy atom. The maximum Gasteiger partial charge on any atom is 0.287 e. The number of Topliss-reactive ketones (excluding diaryl/α,β-unsaturated/α-hetero) is 1. The zero-order valence-corrected chi connectivity index (χ0v) is 19.2. The number of primary amides is 1. The number of rotatable bonds is 8. The van der Waals surface area contributed by atoms with Crippen molar-refractivity contribution in [1.82, 2.24) is 10.2 Å². The van der Waals surface area contributed by atoms with Gasteiger partial charge in [-0.2, -0.15) is 0 Å². The molecule has 2 aromatic carbocycles. The fourth-order valence-corrected chi connectivity index (χ4v) is 4.42. The smallest absolute Gasteiger partial charge is 0.287 e. The number of likely N-dealkylation sites (tertiary alicyclic amines) is 1. The van der Waals surface area contributed by atoms with Crippen LogP contribution in [0.15, 0.2) is 78.1 Å². The maximum absolute atomic E-state index is 13.2. The van der Waals surface area contributed by atoms with Crippen LogP contribution in [0.3, 0.4) is 0 Å². The molecule has 34 heavy (non-hydrogen) atoms. The minimum Gasteiger partial charge on any atom is -0.457 e. The molecule has 2 aliphatic rings. The Kier molecular flexibility index (Phi) is 7.23. The summed E-state index contributed by atoms with van der Waals surface area (Å²) in [5.74, 6) is -0.808. The lowest BCUT2D eigenvalue weighted by atomic mass is 9.85. The number of nitrogens with zero attached hydrogens (tertiary/aromatic N) is 1. The van der Waals surface area contributed by atoms with Crippen molar-refractivity contribution in [2.24, 2.45) is 11.7 Å². The SMILES string of the molecule is CN1CCC2CC=C(Oc3ccccc3C(=O)NC(Cc3ccccc3)C(=O)C(N)=O)C=C2C1. The molecule has 4 rings (SSSR count). The summed E-state index contributed by atoms with van der Waals surface area (Å²) in [6.45, 7) is 1.99. The third-order valence-electron chi connectivity index (χ3n) is 6.27. The number of ether oxygens (including phenoxy) is 1. The van der Waals surface area contributed by atoms with Gasteiger partial charge in [0, 0.05) is 13.0 Å². The van der Waals surface area contributed by atoms with Crippen molar-refractivity contribution >= 4 is 17.6 Å². The number of benzene rings is 2. The molecule has 1 saturated heterocycles. The van der Waals surface area contributed by atoms with Crippen molar-refractivity contribution < 1.29 is 19.1 Å².